The Morgan fingerprint density at radius 1 is 1.27 bits per heavy atom. The summed E-state index contributed by atoms with van der Waals surface area (Å²) in [6.07, 6.45) is 1.49. The van der Waals surface area contributed by atoms with Crippen molar-refractivity contribution in [3.63, 3.8) is 0 Å². The number of Topliss-reactive ketones (excluding diaryl/α,β-unsaturated/α-hetero) is 1. The fraction of sp³-hybridized carbons (Fsp3) is 0.875. The molecule has 0 aromatic carbocycles. The quantitative estimate of drug-likeness (QED) is 0.536. The minimum Gasteiger partial charge on any atom is -0.378 e. The van der Waals surface area contributed by atoms with Crippen molar-refractivity contribution in [1.82, 2.24) is 4.90 Å². The number of likely N-dealkylation sites (tertiary alicyclic amines) is 1. The molecule has 0 unspecified atom stereocenters. The minimum atomic E-state index is 0.418. The third kappa shape index (κ3) is 1.44. The molecule has 0 spiro atoms. The molecule has 2 heterocycles. The van der Waals surface area contributed by atoms with Gasteiger partial charge in [-0.05, 0) is 0 Å². The lowest BCUT2D eigenvalue weighted by atomic mass is 10.1. The molecule has 2 rings (SSSR count). The van der Waals surface area contributed by atoms with Gasteiger partial charge in [-0.1, -0.05) is 0 Å². The summed E-state index contributed by atoms with van der Waals surface area (Å²) in [4.78, 5) is 13.2. The Labute approximate surface area is 66.3 Å². The number of nitrogens with zero attached hydrogens (tertiary/aromatic N) is 1. The fourth-order valence-corrected chi connectivity index (χ4v) is 1.57. The van der Waals surface area contributed by atoms with Crippen LogP contribution < -0.4 is 0 Å². The molecule has 3 heteroatoms. The van der Waals surface area contributed by atoms with E-state index in [0.29, 0.717) is 11.8 Å². The zero-order chi connectivity index (χ0) is 7.68. The maximum atomic E-state index is 10.9. The fourth-order valence-electron chi connectivity index (χ4n) is 1.57. The predicted octanol–water partition coefficient (Wildman–Crippen LogP) is 0.0501. The first-order valence-corrected chi connectivity index (χ1v) is 4.20. The molecule has 2 fully saturated rings. The standard InChI is InChI=1S/C8H13NO2/c10-8-1-3-9(4-2-8)7-5-11-6-7/h7H,1-6H2. The van der Waals surface area contributed by atoms with E-state index >= 15 is 0 Å². The zero-order valence-corrected chi connectivity index (χ0v) is 6.58. The van der Waals surface area contributed by atoms with Gasteiger partial charge in [0.05, 0.1) is 19.3 Å². The molecule has 0 aromatic rings. The molecule has 3 nitrogen and oxygen atoms in total. The van der Waals surface area contributed by atoms with Gasteiger partial charge in [0.15, 0.2) is 0 Å². The first kappa shape index (κ1) is 7.25. The van der Waals surface area contributed by atoms with Gasteiger partial charge in [0.1, 0.15) is 5.78 Å². The van der Waals surface area contributed by atoms with Crippen molar-refractivity contribution in [3.05, 3.63) is 0 Å². The Morgan fingerprint density at radius 3 is 2.36 bits per heavy atom. The molecule has 0 saturated carbocycles. The van der Waals surface area contributed by atoms with Crippen molar-refractivity contribution in [1.29, 1.82) is 0 Å². The Hall–Kier alpha value is -0.410. The van der Waals surface area contributed by atoms with E-state index < -0.39 is 0 Å². The van der Waals surface area contributed by atoms with E-state index in [9.17, 15) is 4.79 Å². The summed E-state index contributed by atoms with van der Waals surface area (Å²) in [5, 5.41) is 0. The molecule has 0 aromatic heterocycles. The van der Waals surface area contributed by atoms with Crippen LogP contribution in [0.4, 0.5) is 0 Å². The van der Waals surface area contributed by atoms with Crippen molar-refractivity contribution in [3.8, 4) is 0 Å². The molecule has 62 valence electrons. The lowest BCUT2D eigenvalue weighted by Gasteiger charge is -2.38. The topological polar surface area (TPSA) is 29.5 Å². The summed E-state index contributed by atoms with van der Waals surface area (Å²) in [6, 6.07) is 0.614. The monoisotopic (exact) mass is 155 g/mol. The Kier molecular flexibility index (Phi) is 1.92. The number of rotatable bonds is 1. The van der Waals surface area contributed by atoms with Crippen LogP contribution in [0.2, 0.25) is 0 Å². The highest BCUT2D eigenvalue weighted by Crippen LogP contribution is 2.15. The van der Waals surface area contributed by atoms with Crippen molar-refractivity contribution in [2.75, 3.05) is 26.3 Å². The number of ketones is 1. The molecule has 2 saturated heterocycles. The minimum absolute atomic E-state index is 0.418. The molecule has 0 amide bonds. The van der Waals surface area contributed by atoms with Crippen LogP contribution >= 0.6 is 0 Å². The zero-order valence-electron chi connectivity index (χ0n) is 6.58. The summed E-state index contributed by atoms with van der Waals surface area (Å²) in [5.74, 6) is 0.418. The second-order valence-corrected chi connectivity index (χ2v) is 3.27. The largest absolute Gasteiger partial charge is 0.378 e. The van der Waals surface area contributed by atoms with Gasteiger partial charge in [-0.15, -0.1) is 0 Å². The van der Waals surface area contributed by atoms with Crippen molar-refractivity contribution in [2.45, 2.75) is 18.9 Å². The Morgan fingerprint density at radius 2 is 1.91 bits per heavy atom. The number of hydrogen-bond acceptors (Lipinski definition) is 3. The molecule has 0 radical (unpaired) electrons. The maximum absolute atomic E-state index is 10.9. The number of ether oxygens (including phenoxy) is 1. The molecule has 11 heavy (non-hydrogen) atoms. The van der Waals surface area contributed by atoms with Crippen molar-refractivity contribution in [2.24, 2.45) is 0 Å². The summed E-state index contributed by atoms with van der Waals surface area (Å²) in [6.45, 7) is 3.64. The third-order valence-electron chi connectivity index (χ3n) is 2.49. The van der Waals surface area contributed by atoms with E-state index in [1.54, 1.807) is 0 Å². The van der Waals surface area contributed by atoms with Crippen molar-refractivity contribution >= 4 is 5.78 Å². The second kappa shape index (κ2) is 2.91. The van der Waals surface area contributed by atoms with Crippen LogP contribution in [0.5, 0.6) is 0 Å². The molecule has 0 aliphatic carbocycles. The summed E-state index contributed by atoms with van der Waals surface area (Å²) < 4.78 is 5.09. The van der Waals surface area contributed by atoms with E-state index in [0.717, 1.165) is 39.1 Å². The average Bonchev–Trinajstić information content (AvgIpc) is 1.90. The SMILES string of the molecule is O=C1CCN(C2COC2)CC1. The van der Waals surface area contributed by atoms with E-state index in [4.69, 9.17) is 4.74 Å². The first-order chi connectivity index (χ1) is 5.36. The van der Waals surface area contributed by atoms with Gasteiger partial charge in [-0.2, -0.15) is 0 Å². The van der Waals surface area contributed by atoms with Crippen molar-refractivity contribution < 1.29 is 9.53 Å². The van der Waals surface area contributed by atoms with E-state index in [2.05, 4.69) is 4.90 Å². The molecule has 2 aliphatic rings. The highest BCUT2D eigenvalue weighted by atomic mass is 16.5. The van der Waals surface area contributed by atoms with Gasteiger partial charge in [0, 0.05) is 25.9 Å². The summed E-state index contributed by atoms with van der Waals surface area (Å²) in [7, 11) is 0. The smallest absolute Gasteiger partial charge is 0.135 e. The van der Waals surface area contributed by atoms with E-state index in [1.165, 1.54) is 0 Å². The van der Waals surface area contributed by atoms with Crippen LogP contribution in [0.1, 0.15) is 12.8 Å². The Balaban J connectivity index is 1.82. The molecular weight excluding hydrogens is 142 g/mol. The van der Waals surface area contributed by atoms with Gasteiger partial charge in [-0.3, -0.25) is 9.69 Å². The lowest BCUT2D eigenvalue weighted by Crippen LogP contribution is -2.51. The normalized spacial score (nSPS) is 28.5. The van der Waals surface area contributed by atoms with Crippen LogP contribution in [0, 0.1) is 0 Å². The van der Waals surface area contributed by atoms with Gasteiger partial charge in [-0.25, -0.2) is 0 Å². The highest BCUT2D eigenvalue weighted by molar-refractivity contribution is 5.79. The third-order valence-corrected chi connectivity index (χ3v) is 2.49. The summed E-state index contributed by atoms with van der Waals surface area (Å²) >= 11 is 0. The number of piperidine rings is 1. The van der Waals surface area contributed by atoms with Crippen LogP contribution in [-0.4, -0.2) is 43.0 Å². The van der Waals surface area contributed by atoms with E-state index in [-0.39, 0.29) is 0 Å². The van der Waals surface area contributed by atoms with Crippen LogP contribution in [0.25, 0.3) is 0 Å². The lowest BCUT2D eigenvalue weighted by molar-refractivity contribution is -0.125. The number of carbonyl (C=O) groups excluding carboxylic acids is 1. The van der Waals surface area contributed by atoms with Gasteiger partial charge >= 0.3 is 0 Å². The highest BCUT2D eigenvalue weighted by Gasteiger charge is 2.28. The van der Waals surface area contributed by atoms with Crippen LogP contribution in [0.3, 0.4) is 0 Å². The summed E-state index contributed by atoms with van der Waals surface area (Å²) in [5.41, 5.74) is 0. The molecule has 0 atom stereocenters. The number of carbonyl (C=O) groups is 1. The molecule has 0 bridgehead atoms. The first-order valence-electron chi connectivity index (χ1n) is 4.20. The molecule has 0 N–H and O–H groups in total. The second-order valence-electron chi connectivity index (χ2n) is 3.27. The average molecular weight is 155 g/mol. The number of hydrogen-bond donors (Lipinski definition) is 0. The maximum Gasteiger partial charge on any atom is 0.135 e. The molecule has 2 aliphatic heterocycles. The molecular formula is C8H13NO2. The van der Waals surface area contributed by atoms with Gasteiger partial charge in [0.2, 0.25) is 0 Å². The Bertz CT molecular complexity index is 155. The van der Waals surface area contributed by atoms with Crippen LogP contribution in [-0.2, 0) is 9.53 Å². The van der Waals surface area contributed by atoms with E-state index in [1.807, 2.05) is 0 Å². The van der Waals surface area contributed by atoms with Gasteiger partial charge in [0.25, 0.3) is 0 Å². The van der Waals surface area contributed by atoms with Gasteiger partial charge < -0.3 is 4.74 Å². The predicted molar refractivity (Wildman–Crippen MR) is 40.4 cm³/mol. The van der Waals surface area contributed by atoms with Crippen LogP contribution in [0.15, 0.2) is 0 Å².